The van der Waals surface area contributed by atoms with Crippen LogP contribution in [-0.4, -0.2) is 24.0 Å². The molecule has 0 aliphatic heterocycles. The standard InChI is InChI=1S/C17H17NO3/c1-20-17-9-8-14(13-6-2-3-7-15(13)17)16-11-12(21-18-16)5-4-10-19/h2-3,6-9,11,19H,4-5,10H2,1H3. The Bertz CT molecular complexity index is 749. The number of fused-ring (bicyclic) bond motifs is 1. The van der Waals surface area contributed by atoms with Crippen LogP contribution in [0.2, 0.25) is 0 Å². The number of aromatic nitrogens is 1. The number of benzene rings is 2. The quantitative estimate of drug-likeness (QED) is 0.779. The number of hydrogen-bond acceptors (Lipinski definition) is 4. The van der Waals surface area contributed by atoms with Gasteiger partial charge < -0.3 is 14.4 Å². The van der Waals surface area contributed by atoms with Crippen molar-refractivity contribution < 1.29 is 14.4 Å². The van der Waals surface area contributed by atoms with Crippen LogP contribution in [0.5, 0.6) is 5.75 Å². The average Bonchev–Trinajstić information content (AvgIpc) is 3.00. The number of methoxy groups -OCH3 is 1. The molecule has 3 rings (SSSR count). The second-order valence-electron chi connectivity index (χ2n) is 4.87. The number of nitrogens with zero attached hydrogens (tertiary/aromatic N) is 1. The van der Waals surface area contributed by atoms with Crippen LogP contribution in [0.15, 0.2) is 47.0 Å². The Morgan fingerprint density at radius 3 is 2.71 bits per heavy atom. The fourth-order valence-corrected chi connectivity index (χ4v) is 2.48. The van der Waals surface area contributed by atoms with Crippen LogP contribution in [0.4, 0.5) is 0 Å². The van der Waals surface area contributed by atoms with Crippen molar-refractivity contribution >= 4 is 10.8 Å². The molecule has 0 radical (unpaired) electrons. The van der Waals surface area contributed by atoms with Gasteiger partial charge in [0.25, 0.3) is 0 Å². The van der Waals surface area contributed by atoms with Gasteiger partial charge in [-0.25, -0.2) is 0 Å². The van der Waals surface area contributed by atoms with Crippen molar-refractivity contribution in [1.29, 1.82) is 0 Å². The summed E-state index contributed by atoms with van der Waals surface area (Å²) in [5.74, 6) is 1.64. The molecule has 21 heavy (non-hydrogen) atoms. The summed E-state index contributed by atoms with van der Waals surface area (Å²) in [5.41, 5.74) is 1.83. The maximum absolute atomic E-state index is 8.87. The van der Waals surface area contributed by atoms with Gasteiger partial charge in [-0.1, -0.05) is 29.4 Å². The fourth-order valence-electron chi connectivity index (χ4n) is 2.48. The van der Waals surface area contributed by atoms with Gasteiger partial charge in [0.15, 0.2) is 0 Å². The normalized spacial score (nSPS) is 11.0. The van der Waals surface area contributed by atoms with Crippen LogP contribution in [0.1, 0.15) is 12.2 Å². The Hall–Kier alpha value is -2.33. The first-order valence-electron chi connectivity index (χ1n) is 6.96. The third-order valence-electron chi connectivity index (χ3n) is 3.52. The maximum Gasteiger partial charge on any atom is 0.137 e. The molecule has 0 aliphatic carbocycles. The molecule has 0 saturated carbocycles. The summed E-state index contributed by atoms with van der Waals surface area (Å²) in [4.78, 5) is 0. The van der Waals surface area contributed by atoms with E-state index >= 15 is 0 Å². The molecule has 1 heterocycles. The molecule has 0 spiro atoms. The van der Waals surface area contributed by atoms with Gasteiger partial charge >= 0.3 is 0 Å². The Labute approximate surface area is 123 Å². The summed E-state index contributed by atoms with van der Waals surface area (Å²) >= 11 is 0. The minimum Gasteiger partial charge on any atom is -0.496 e. The van der Waals surface area contributed by atoms with Crippen LogP contribution in [-0.2, 0) is 6.42 Å². The van der Waals surface area contributed by atoms with Gasteiger partial charge in [0.05, 0.1) is 7.11 Å². The van der Waals surface area contributed by atoms with Gasteiger partial charge in [0.2, 0.25) is 0 Å². The molecular weight excluding hydrogens is 266 g/mol. The summed E-state index contributed by atoms with van der Waals surface area (Å²) in [6, 6.07) is 13.9. The lowest BCUT2D eigenvalue weighted by atomic mass is 10.0. The van der Waals surface area contributed by atoms with Gasteiger partial charge in [0.1, 0.15) is 17.2 Å². The topological polar surface area (TPSA) is 55.5 Å². The highest BCUT2D eigenvalue weighted by molar-refractivity contribution is 5.99. The van der Waals surface area contributed by atoms with Crippen LogP contribution < -0.4 is 4.74 Å². The van der Waals surface area contributed by atoms with Crippen molar-refractivity contribution in [2.45, 2.75) is 12.8 Å². The van der Waals surface area contributed by atoms with Crippen molar-refractivity contribution in [3.05, 3.63) is 48.2 Å². The number of ether oxygens (including phenoxy) is 1. The number of hydrogen-bond donors (Lipinski definition) is 1. The molecule has 0 aliphatic rings. The zero-order chi connectivity index (χ0) is 14.7. The van der Waals surface area contributed by atoms with E-state index in [1.165, 1.54) is 0 Å². The molecule has 3 aromatic rings. The Morgan fingerprint density at radius 1 is 1.14 bits per heavy atom. The van der Waals surface area contributed by atoms with Crippen molar-refractivity contribution in [2.24, 2.45) is 0 Å². The number of aryl methyl sites for hydroxylation is 1. The van der Waals surface area contributed by atoms with Crippen molar-refractivity contribution in [3.8, 4) is 17.0 Å². The molecule has 4 nitrogen and oxygen atoms in total. The van der Waals surface area contributed by atoms with Gasteiger partial charge in [-0.2, -0.15) is 0 Å². The highest BCUT2D eigenvalue weighted by Gasteiger charge is 2.12. The number of aliphatic hydroxyl groups is 1. The highest BCUT2D eigenvalue weighted by atomic mass is 16.5. The van der Waals surface area contributed by atoms with Gasteiger partial charge in [-0.15, -0.1) is 0 Å². The summed E-state index contributed by atoms with van der Waals surface area (Å²) < 4.78 is 10.7. The third kappa shape index (κ3) is 2.62. The largest absolute Gasteiger partial charge is 0.496 e. The lowest BCUT2D eigenvalue weighted by Gasteiger charge is -2.08. The molecule has 0 atom stereocenters. The molecule has 108 valence electrons. The van der Waals surface area contributed by atoms with Crippen LogP contribution in [0.3, 0.4) is 0 Å². The van der Waals surface area contributed by atoms with Crippen molar-refractivity contribution in [3.63, 3.8) is 0 Å². The minimum atomic E-state index is 0.154. The highest BCUT2D eigenvalue weighted by Crippen LogP contribution is 2.34. The number of aliphatic hydroxyl groups excluding tert-OH is 1. The third-order valence-corrected chi connectivity index (χ3v) is 3.52. The average molecular weight is 283 g/mol. The smallest absolute Gasteiger partial charge is 0.137 e. The zero-order valence-electron chi connectivity index (χ0n) is 11.9. The lowest BCUT2D eigenvalue weighted by molar-refractivity contribution is 0.280. The first-order valence-corrected chi connectivity index (χ1v) is 6.96. The van der Waals surface area contributed by atoms with Crippen molar-refractivity contribution in [1.82, 2.24) is 5.16 Å². The summed E-state index contributed by atoms with van der Waals surface area (Å²) in [7, 11) is 1.67. The van der Waals surface area contributed by atoms with Crippen molar-refractivity contribution in [2.75, 3.05) is 13.7 Å². The summed E-state index contributed by atoms with van der Waals surface area (Å²) in [5, 5.41) is 15.2. The van der Waals surface area contributed by atoms with E-state index in [1.807, 2.05) is 36.4 Å². The monoisotopic (exact) mass is 283 g/mol. The predicted molar refractivity (Wildman–Crippen MR) is 81.4 cm³/mol. The molecule has 4 heteroatoms. The summed E-state index contributed by atoms with van der Waals surface area (Å²) in [6.07, 6.45) is 1.37. The van der Waals surface area contributed by atoms with Crippen LogP contribution in [0, 0.1) is 0 Å². The molecule has 0 bridgehead atoms. The minimum absolute atomic E-state index is 0.154. The van der Waals surface area contributed by atoms with E-state index in [1.54, 1.807) is 7.11 Å². The van der Waals surface area contributed by atoms with E-state index in [2.05, 4.69) is 11.2 Å². The second-order valence-corrected chi connectivity index (χ2v) is 4.87. The molecule has 1 aromatic heterocycles. The molecule has 2 aromatic carbocycles. The predicted octanol–water partition coefficient (Wildman–Crippen LogP) is 3.43. The second kappa shape index (κ2) is 5.97. The van der Waals surface area contributed by atoms with Gasteiger partial charge in [-0.3, -0.25) is 0 Å². The molecule has 0 amide bonds. The van der Waals surface area contributed by atoms with E-state index in [9.17, 15) is 0 Å². The molecular formula is C17H17NO3. The van der Waals surface area contributed by atoms with E-state index in [0.717, 1.165) is 33.5 Å². The van der Waals surface area contributed by atoms with E-state index in [4.69, 9.17) is 14.4 Å². The molecule has 0 fully saturated rings. The molecule has 0 saturated heterocycles. The first-order chi connectivity index (χ1) is 10.3. The molecule has 0 unspecified atom stereocenters. The molecule has 1 N–H and O–H groups in total. The number of rotatable bonds is 5. The van der Waals surface area contributed by atoms with Gasteiger partial charge in [-0.05, 0) is 23.9 Å². The Kier molecular flexibility index (Phi) is 3.88. The van der Waals surface area contributed by atoms with E-state index in [0.29, 0.717) is 12.8 Å². The Morgan fingerprint density at radius 2 is 1.95 bits per heavy atom. The van der Waals surface area contributed by atoms with E-state index < -0.39 is 0 Å². The zero-order valence-corrected chi connectivity index (χ0v) is 11.9. The lowest BCUT2D eigenvalue weighted by Crippen LogP contribution is -1.88. The Balaban J connectivity index is 2.06. The van der Waals surface area contributed by atoms with E-state index in [-0.39, 0.29) is 6.61 Å². The van der Waals surface area contributed by atoms with Gasteiger partial charge in [0, 0.05) is 30.0 Å². The SMILES string of the molecule is COc1ccc(-c2cc(CCCO)on2)c2ccccc12. The van der Waals surface area contributed by atoms with Crippen LogP contribution >= 0.6 is 0 Å². The fraction of sp³-hybridized carbons (Fsp3) is 0.235. The van der Waals surface area contributed by atoms with Crippen LogP contribution in [0.25, 0.3) is 22.0 Å². The maximum atomic E-state index is 8.87. The first kappa shape index (κ1) is 13.6. The summed E-state index contributed by atoms with van der Waals surface area (Å²) in [6.45, 7) is 0.154.